The summed E-state index contributed by atoms with van der Waals surface area (Å²) in [6.07, 6.45) is 0.937. The first-order valence-electron chi connectivity index (χ1n) is 9.88. The molecule has 2 heterocycles. The zero-order valence-electron chi connectivity index (χ0n) is 16.9. The molecule has 0 aliphatic carbocycles. The van der Waals surface area contributed by atoms with E-state index in [9.17, 15) is 9.59 Å². The van der Waals surface area contributed by atoms with E-state index >= 15 is 0 Å². The summed E-state index contributed by atoms with van der Waals surface area (Å²) in [4.78, 5) is 31.9. The molecule has 0 bridgehead atoms. The molecule has 4 rings (SSSR count). The molecule has 3 aromatic rings. The van der Waals surface area contributed by atoms with Gasteiger partial charge in [-0.25, -0.2) is 4.79 Å². The van der Waals surface area contributed by atoms with Gasteiger partial charge in [-0.2, -0.15) is 0 Å². The lowest BCUT2D eigenvalue weighted by Crippen LogP contribution is -2.35. The molecule has 2 aromatic carbocycles. The number of benzene rings is 2. The third-order valence-electron chi connectivity index (χ3n) is 5.59. The van der Waals surface area contributed by atoms with Crippen LogP contribution in [0.25, 0.3) is 11.0 Å². The fourth-order valence-electron chi connectivity index (χ4n) is 3.87. The molecular formula is C22H26N4O3. The maximum atomic E-state index is 13.0. The van der Waals surface area contributed by atoms with E-state index in [0.717, 1.165) is 43.9 Å². The number of amides is 1. The van der Waals surface area contributed by atoms with Crippen LogP contribution in [0.15, 0.2) is 47.3 Å². The van der Waals surface area contributed by atoms with E-state index in [4.69, 9.17) is 4.74 Å². The first-order chi connectivity index (χ1) is 14.0. The minimum atomic E-state index is -0.173. The van der Waals surface area contributed by atoms with Crippen LogP contribution in [0.5, 0.6) is 5.75 Å². The van der Waals surface area contributed by atoms with Crippen molar-refractivity contribution in [3.63, 3.8) is 0 Å². The van der Waals surface area contributed by atoms with Gasteiger partial charge in [-0.3, -0.25) is 14.3 Å². The van der Waals surface area contributed by atoms with Crippen LogP contribution in [0, 0.1) is 0 Å². The van der Waals surface area contributed by atoms with Crippen molar-refractivity contribution in [2.24, 2.45) is 7.05 Å². The summed E-state index contributed by atoms with van der Waals surface area (Å²) in [6.45, 7) is 4.09. The van der Waals surface area contributed by atoms with Gasteiger partial charge < -0.3 is 14.6 Å². The van der Waals surface area contributed by atoms with Crippen LogP contribution in [-0.4, -0.2) is 58.5 Å². The number of hydrogen-bond donors (Lipinski definition) is 1. The molecule has 1 N–H and O–H groups in total. The topological polar surface area (TPSA) is 70.6 Å². The van der Waals surface area contributed by atoms with E-state index in [1.54, 1.807) is 30.9 Å². The third kappa shape index (κ3) is 4.05. The van der Waals surface area contributed by atoms with Crippen LogP contribution in [0.4, 0.5) is 0 Å². The van der Waals surface area contributed by atoms with E-state index < -0.39 is 0 Å². The van der Waals surface area contributed by atoms with Crippen molar-refractivity contribution < 1.29 is 9.53 Å². The van der Waals surface area contributed by atoms with E-state index in [1.807, 2.05) is 23.1 Å². The number of carbonyl (C=O) groups is 1. The van der Waals surface area contributed by atoms with E-state index in [0.29, 0.717) is 17.6 Å². The monoisotopic (exact) mass is 394 g/mol. The Kier molecular flexibility index (Phi) is 5.40. The second kappa shape index (κ2) is 8.13. The molecule has 0 unspecified atom stereocenters. The van der Waals surface area contributed by atoms with Gasteiger partial charge in [0.05, 0.1) is 18.1 Å². The minimum absolute atomic E-state index is 0.0166. The highest BCUT2D eigenvalue weighted by atomic mass is 16.5. The Morgan fingerprint density at radius 3 is 2.62 bits per heavy atom. The normalized spacial score (nSPS) is 15.4. The standard InChI is InChI=1S/C22H26N4O3/c1-24-20-9-6-17(14-19(20)23-22(24)28)21(27)26-11-3-10-25(12-13-26)15-16-4-7-18(29-2)8-5-16/h4-9,14H,3,10-13,15H2,1-2H3,(H,23,28). The molecule has 0 atom stereocenters. The van der Waals surface area contributed by atoms with Crippen molar-refractivity contribution in [2.75, 3.05) is 33.3 Å². The lowest BCUT2D eigenvalue weighted by atomic mass is 10.1. The predicted molar refractivity (Wildman–Crippen MR) is 112 cm³/mol. The maximum absolute atomic E-state index is 13.0. The smallest absolute Gasteiger partial charge is 0.326 e. The number of fused-ring (bicyclic) bond motifs is 1. The molecule has 0 saturated carbocycles. The number of methoxy groups -OCH3 is 1. The number of aromatic amines is 1. The average molecular weight is 394 g/mol. The molecule has 1 amide bonds. The minimum Gasteiger partial charge on any atom is -0.497 e. The highest BCUT2D eigenvalue weighted by Crippen LogP contribution is 2.17. The number of H-pyrrole nitrogens is 1. The molecule has 7 heteroatoms. The molecule has 1 aliphatic rings. The van der Waals surface area contributed by atoms with Crippen molar-refractivity contribution in [2.45, 2.75) is 13.0 Å². The zero-order chi connectivity index (χ0) is 20.4. The van der Waals surface area contributed by atoms with Crippen molar-refractivity contribution in [1.82, 2.24) is 19.4 Å². The van der Waals surface area contributed by atoms with E-state index in [-0.39, 0.29) is 11.6 Å². The van der Waals surface area contributed by atoms with Crippen LogP contribution < -0.4 is 10.4 Å². The van der Waals surface area contributed by atoms with Crippen molar-refractivity contribution in [3.05, 3.63) is 64.1 Å². The number of hydrogen-bond acceptors (Lipinski definition) is 4. The molecule has 1 fully saturated rings. The fourth-order valence-corrected chi connectivity index (χ4v) is 3.87. The number of imidazole rings is 1. The van der Waals surface area contributed by atoms with Gasteiger partial charge in [0.2, 0.25) is 0 Å². The quantitative estimate of drug-likeness (QED) is 0.737. The molecule has 1 saturated heterocycles. The van der Waals surface area contributed by atoms with E-state index in [2.05, 4.69) is 22.0 Å². The summed E-state index contributed by atoms with van der Waals surface area (Å²) >= 11 is 0. The summed E-state index contributed by atoms with van der Waals surface area (Å²) in [7, 11) is 3.39. The second-order valence-electron chi connectivity index (χ2n) is 7.49. The molecule has 0 spiro atoms. The van der Waals surface area contributed by atoms with Gasteiger partial charge >= 0.3 is 5.69 Å². The molecule has 1 aromatic heterocycles. The van der Waals surface area contributed by atoms with Gasteiger partial charge in [0, 0.05) is 45.3 Å². The highest BCUT2D eigenvalue weighted by Gasteiger charge is 2.21. The SMILES string of the molecule is COc1ccc(CN2CCCN(C(=O)c3ccc4c(c3)[nH]c(=O)n4C)CC2)cc1. The number of rotatable bonds is 4. The maximum Gasteiger partial charge on any atom is 0.326 e. The Labute approximate surface area is 169 Å². The molecule has 0 radical (unpaired) electrons. The van der Waals surface area contributed by atoms with Crippen molar-refractivity contribution in [3.8, 4) is 5.75 Å². The van der Waals surface area contributed by atoms with Gasteiger partial charge in [0.1, 0.15) is 5.75 Å². The summed E-state index contributed by atoms with van der Waals surface area (Å²) in [5.41, 5.74) is 3.17. The lowest BCUT2D eigenvalue weighted by Gasteiger charge is -2.22. The molecule has 1 aliphatic heterocycles. The van der Waals surface area contributed by atoms with Crippen LogP contribution in [-0.2, 0) is 13.6 Å². The summed E-state index contributed by atoms with van der Waals surface area (Å²) in [5.74, 6) is 0.876. The first-order valence-corrected chi connectivity index (χ1v) is 9.88. The zero-order valence-corrected chi connectivity index (χ0v) is 16.9. The van der Waals surface area contributed by atoms with Crippen LogP contribution >= 0.6 is 0 Å². The largest absolute Gasteiger partial charge is 0.497 e. The van der Waals surface area contributed by atoms with Gasteiger partial charge in [0.15, 0.2) is 0 Å². The Balaban J connectivity index is 1.42. The summed E-state index contributed by atoms with van der Waals surface area (Å²) in [6, 6.07) is 13.5. The molecule has 7 nitrogen and oxygen atoms in total. The Hall–Kier alpha value is -3.06. The van der Waals surface area contributed by atoms with E-state index in [1.165, 1.54) is 5.56 Å². The highest BCUT2D eigenvalue weighted by molar-refractivity contribution is 5.97. The molecule has 152 valence electrons. The lowest BCUT2D eigenvalue weighted by molar-refractivity contribution is 0.0761. The number of aryl methyl sites for hydroxylation is 1. The van der Waals surface area contributed by atoms with Gasteiger partial charge in [0.25, 0.3) is 5.91 Å². The number of nitrogens with zero attached hydrogens (tertiary/aromatic N) is 3. The van der Waals surface area contributed by atoms with Gasteiger partial charge in [-0.05, 0) is 42.3 Å². The van der Waals surface area contributed by atoms with Gasteiger partial charge in [-0.1, -0.05) is 12.1 Å². The number of nitrogens with one attached hydrogen (secondary N) is 1. The second-order valence-corrected chi connectivity index (χ2v) is 7.49. The van der Waals surface area contributed by atoms with Crippen LogP contribution in [0.2, 0.25) is 0 Å². The summed E-state index contributed by atoms with van der Waals surface area (Å²) < 4.78 is 6.77. The summed E-state index contributed by atoms with van der Waals surface area (Å²) in [5, 5.41) is 0. The Morgan fingerprint density at radius 1 is 1.07 bits per heavy atom. The average Bonchev–Trinajstić information content (AvgIpc) is 2.89. The number of carbonyl (C=O) groups excluding carboxylic acids is 1. The van der Waals surface area contributed by atoms with Crippen molar-refractivity contribution >= 4 is 16.9 Å². The fraction of sp³-hybridized carbons (Fsp3) is 0.364. The number of aromatic nitrogens is 2. The molecule has 29 heavy (non-hydrogen) atoms. The Bertz CT molecular complexity index is 1070. The van der Waals surface area contributed by atoms with Crippen LogP contribution in [0.1, 0.15) is 22.3 Å². The van der Waals surface area contributed by atoms with Crippen LogP contribution in [0.3, 0.4) is 0 Å². The van der Waals surface area contributed by atoms with Crippen molar-refractivity contribution in [1.29, 1.82) is 0 Å². The number of ether oxygens (including phenoxy) is 1. The Morgan fingerprint density at radius 2 is 1.86 bits per heavy atom. The molecular weight excluding hydrogens is 368 g/mol. The predicted octanol–water partition coefficient (Wildman–Crippen LogP) is 2.22. The van der Waals surface area contributed by atoms with Gasteiger partial charge in [-0.15, -0.1) is 0 Å². The third-order valence-corrected chi connectivity index (χ3v) is 5.59. The first kappa shape index (κ1) is 19.3.